The zero-order valence-electron chi connectivity index (χ0n) is 23.4. The lowest BCUT2D eigenvalue weighted by molar-refractivity contribution is 0.102. The van der Waals surface area contributed by atoms with E-state index in [4.69, 9.17) is 9.97 Å². The minimum atomic E-state index is -0.174. The van der Waals surface area contributed by atoms with Gasteiger partial charge in [0.1, 0.15) is 0 Å². The van der Waals surface area contributed by atoms with E-state index in [2.05, 4.69) is 57.1 Å². The summed E-state index contributed by atoms with van der Waals surface area (Å²) in [6, 6.07) is 10.8. The number of amides is 1. The zero-order chi connectivity index (χ0) is 27.1. The molecule has 1 amide bonds. The van der Waals surface area contributed by atoms with Crippen molar-refractivity contribution in [3.05, 3.63) is 53.5 Å². The highest BCUT2D eigenvalue weighted by molar-refractivity contribution is 6.05. The van der Waals surface area contributed by atoms with Crippen LogP contribution in [0.5, 0.6) is 0 Å². The molecule has 0 aliphatic carbocycles. The van der Waals surface area contributed by atoms with Gasteiger partial charge in [0.2, 0.25) is 5.95 Å². The first-order valence-corrected chi connectivity index (χ1v) is 14.1. The summed E-state index contributed by atoms with van der Waals surface area (Å²) < 4.78 is 4.14. The van der Waals surface area contributed by atoms with E-state index in [-0.39, 0.29) is 5.91 Å². The number of nitrogens with zero attached hydrogens (tertiary/aromatic N) is 7. The molecular weight excluding hydrogens is 488 g/mol. The molecule has 2 aliphatic rings. The molecule has 1 N–H and O–H groups in total. The van der Waals surface area contributed by atoms with Crippen molar-refractivity contribution in [3.8, 4) is 11.3 Å². The number of likely N-dealkylation sites (N-methyl/N-ethyl adjacent to an activating group) is 1. The summed E-state index contributed by atoms with van der Waals surface area (Å²) in [5.74, 6) is 0.430. The highest BCUT2D eigenvalue weighted by Gasteiger charge is 2.25. The largest absolute Gasteiger partial charge is 0.370 e. The molecular formula is C30H38N8O. The SMILES string of the molecule is Cc1cc2cc(n1)-c1cnn(C)c1CCCCCCn1c(nc3ccc(N4CC[C@H](N(C)C)C4)cc31)NC2=O. The summed E-state index contributed by atoms with van der Waals surface area (Å²) in [5, 5.41) is 7.64. The van der Waals surface area contributed by atoms with Gasteiger partial charge in [-0.05, 0) is 77.0 Å². The topological polar surface area (TPSA) is 84.1 Å². The van der Waals surface area contributed by atoms with Gasteiger partial charge in [-0.3, -0.25) is 19.8 Å². The molecule has 1 aromatic carbocycles. The van der Waals surface area contributed by atoms with Gasteiger partial charge in [-0.1, -0.05) is 12.8 Å². The highest BCUT2D eigenvalue weighted by atomic mass is 16.1. The molecule has 9 heteroatoms. The second-order valence-corrected chi connectivity index (χ2v) is 11.2. The first-order chi connectivity index (χ1) is 18.9. The van der Waals surface area contributed by atoms with Gasteiger partial charge in [0.05, 0.1) is 22.9 Å². The molecule has 3 aromatic heterocycles. The quantitative estimate of drug-likeness (QED) is 0.409. The van der Waals surface area contributed by atoms with Crippen molar-refractivity contribution in [2.45, 2.75) is 58.0 Å². The Balaban J connectivity index is 1.37. The lowest BCUT2D eigenvalue weighted by atomic mass is 10.0. The molecule has 9 nitrogen and oxygen atoms in total. The fraction of sp³-hybridized carbons (Fsp3) is 0.467. The standard InChI is InChI=1S/C30H38N8O/c1-20-15-21-16-26(32-20)24-18-31-36(4)27(24)9-7-5-6-8-13-38-28-17-22(37-14-12-23(19-37)35(2)3)10-11-25(28)33-30(38)34-29(21)39/h10-11,15-18,23H,5-9,12-14,19H2,1-4H3,(H,33,34,39)/t23-/m0/s1. The minimum Gasteiger partial charge on any atom is -0.370 e. The van der Waals surface area contributed by atoms with E-state index in [1.807, 2.05) is 37.0 Å². The minimum absolute atomic E-state index is 0.174. The monoisotopic (exact) mass is 526 g/mol. The number of pyridine rings is 1. The summed E-state index contributed by atoms with van der Waals surface area (Å²) >= 11 is 0. The third kappa shape index (κ3) is 5.03. The number of hydrogen-bond donors (Lipinski definition) is 1. The van der Waals surface area contributed by atoms with Crippen LogP contribution < -0.4 is 10.2 Å². The summed E-state index contributed by atoms with van der Waals surface area (Å²) in [4.78, 5) is 28.0. The third-order valence-electron chi connectivity index (χ3n) is 8.31. The van der Waals surface area contributed by atoms with Crippen LogP contribution >= 0.6 is 0 Å². The Morgan fingerprint density at radius 2 is 1.87 bits per heavy atom. The van der Waals surface area contributed by atoms with Crippen LogP contribution in [0.4, 0.5) is 11.6 Å². The predicted molar refractivity (Wildman–Crippen MR) is 155 cm³/mol. The lowest BCUT2D eigenvalue weighted by Gasteiger charge is -2.22. The van der Waals surface area contributed by atoms with E-state index in [1.165, 1.54) is 17.8 Å². The third-order valence-corrected chi connectivity index (χ3v) is 8.31. The van der Waals surface area contributed by atoms with Crippen molar-refractivity contribution >= 4 is 28.6 Å². The van der Waals surface area contributed by atoms with Crippen LogP contribution in [0.2, 0.25) is 0 Å². The van der Waals surface area contributed by atoms with Crippen molar-refractivity contribution in [3.63, 3.8) is 0 Å². The van der Waals surface area contributed by atoms with Gasteiger partial charge in [0.15, 0.2) is 0 Å². The van der Waals surface area contributed by atoms with Crippen molar-refractivity contribution in [2.75, 3.05) is 37.4 Å². The van der Waals surface area contributed by atoms with E-state index < -0.39 is 0 Å². The van der Waals surface area contributed by atoms with E-state index in [0.717, 1.165) is 79.7 Å². The highest BCUT2D eigenvalue weighted by Crippen LogP contribution is 2.30. The molecule has 2 bridgehead atoms. The second kappa shape index (κ2) is 10.4. The van der Waals surface area contributed by atoms with Crippen molar-refractivity contribution in [1.29, 1.82) is 0 Å². The number of hydrogen-bond acceptors (Lipinski definition) is 6. The van der Waals surface area contributed by atoms with Gasteiger partial charge in [0.25, 0.3) is 5.91 Å². The van der Waals surface area contributed by atoms with Gasteiger partial charge in [0, 0.05) is 60.9 Å². The normalized spacial score (nSPS) is 18.5. The van der Waals surface area contributed by atoms with Crippen LogP contribution in [-0.4, -0.2) is 68.3 Å². The van der Waals surface area contributed by atoms with Gasteiger partial charge in [-0.15, -0.1) is 0 Å². The fourth-order valence-corrected chi connectivity index (χ4v) is 6.03. The molecule has 0 radical (unpaired) electrons. The predicted octanol–water partition coefficient (Wildman–Crippen LogP) is 4.65. The van der Waals surface area contributed by atoms with Crippen molar-refractivity contribution in [1.82, 2.24) is 29.2 Å². The van der Waals surface area contributed by atoms with Crippen molar-refractivity contribution in [2.24, 2.45) is 7.05 Å². The maximum atomic E-state index is 13.6. The van der Waals surface area contributed by atoms with Gasteiger partial charge >= 0.3 is 0 Å². The van der Waals surface area contributed by atoms with Crippen LogP contribution in [0.15, 0.2) is 36.5 Å². The number of aromatic nitrogens is 5. The Morgan fingerprint density at radius 1 is 1.03 bits per heavy atom. The van der Waals surface area contributed by atoms with Crippen LogP contribution in [0.1, 0.15) is 53.8 Å². The molecule has 1 atom stereocenters. The summed E-state index contributed by atoms with van der Waals surface area (Å²) in [5.41, 5.74) is 7.54. The molecule has 6 rings (SSSR count). The maximum absolute atomic E-state index is 13.6. The summed E-state index contributed by atoms with van der Waals surface area (Å²) in [7, 11) is 6.30. The number of carbonyl (C=O) groups is 1. The summed E-state index contributed by atoms with van der Waals surface area (Å²) in [6.45, 7) is 4.82. The first kappa shape index (κ1) is 25.6. The Labute approximate surface area is 229 Å². The number of anilines is 2. The second-order valence-electron chi connectivity index (χ2n) is 11.2. The van der Waals surface area contributed by atoms with Gasteiger partial charge < -0.3 is 14.4 Å². The van der Waals surface area contributed by atoms with E-state index in [9.17, 15) is 4.79 Å². The number of carbonyl (C=O) groups excluding carboxylic acids is 1. The molecule has 1 fully saturated rings. The molecule has 2 aliphatic heterocycles. The molecule has 39 heavy (non-hydrogen) atoms. The molecule has 0 saturated carbocycles. The molecule has 0 spiro atoms. The molecule has 204 valence electrons. The number of aryl methyl sites for hydroxylation is 3. The Hall–Kier alpha value is -3.72. The average molecular weight is 527 g/mol. The smallest absolute Gasteiger partial charge is 0.258 e. The van der Waals surface area contributed by atoms with Crippen LogP contribution in [-0.2, 0) is 20.0 Å². The van der Waals surface area contributed by atoms with Gasteiger partial charge in [-0.2, -0.15) is 5.10 Å². The van der Waals surface area contributed by atoms with Gasteiger partial charge in [-0.25, -0.2) is 4.98 Å². The average Bonchev–Trinajstić information content (AvgIpc) is 3.63. The van der Waals surface area contributed by atoms with Crippen LogP contribution in [0, 0.1) is 6.92 Å². The number of nitrogens with one attached hydrogen (secondary N) is 1. The van der Waals surface area contributed by atoms with Crippen LogP contribution in [0.3, 0.4) is 0 Å². The molecule has 1 saturated heterocycles. The lowest BCUT2D eigenvalue weighted by Crippen LogP contribution is -2.31. The maximum Gasteiger partial charge on any atom is 0.258 e. The number of fused-ring (bicyclic) bond motifs is 7. The van der Waals surface area contributed by atoms with E-state index in [1.54, 1.807) is 0 Å². The van der Waals surface area contributed by atoms with E-state index >= 15 is 0 Å². The zero-order valence-corrected chi connectivity index (χ0v) is 23.4. The Kier molecular flexibility index (Phi) is 6.85. The Morgan fingerprint density at radius 3 is 2.69 bits per heavy atom. The first-order valence-electron chi connectivity index (χ1n) is 14.1. The molecule has 5 heterocycles. The number of benzene rings is 1. The van der Waals surface area contributed by atoms with Crippen LogP contribution in [0.25, 0.3) is 22.3 Å². The molecule has 4 aromatic rings. The van der Waals surface area contributed by atoms with E-state index in [0.29, 0.717) is 17.6 Å². The fourth-order valence-electron chi connectivity index (χ4n) is 6.03. The molecule has 0 unspecified atom stereocenters. The summed E-state index contributed by atoms with van der Waals surface area (Å²) in [6.07, 6.45) is 8.34. The number of rotatable bonds is 2. The Bertz CT molecular complexity index is 1520. The number of imidazole rings is 1. The van der Waals surface area contributed by atoms with Crippen molar-refractivity contribution < 1.29 is 4.79 Å².